The van der Waals surface area contributed by atoms with Gasteiger partial charge in [0, 0.05) is 19.0 Å². The smallest absolute Gasteiger partial charge is 0.322 e. The number of carbonyl (C=O) groups is 3. The van der Waals surface area contributed by atoms with Gasteiger partial charge in [-0.1, -0.05) is 6.42 Å². The van der Waals surface area contributed by atoms with Crippen molar-refractivity contribution in [1.82, 2.24) is 20.9 Å². The lowest BCUT2D eigenvalue weighted by Crippen LogP contribution is -2.56. The van der Waals surface area contributed by atoms with Gasteiger partial charge in [0.05, 0.1) is 6.54 Å². The lowest BCUT2D eigenvalue weighted by molar-refractivity contribution is -0.126. The number of carbonyl (C=O) groups excluding carboxylic acids is 3. The molecule has 3 N–H and O–H groups in total. The van der Waals surface area contributed by atoms with Crippen molar-refractivity contribution in [3.05, 3.63) is 0 Å². The largest absolute Gasteiger partial charge is 0.355 e. The number of imide groups is 1. The van der Waals surface area contributed by atoms with Crippen LogP contribution >= 0.6 is 0 Å². The fraction of sp³-hybridized carbons (Fsp3) is 0.812. The first kappa shape index (κ1) is 16.2. The highest BCUT2D eigenvalue weighted by Gasteiger charge is 2.48. The molecule has 4 amide bonds. The minimum Gasteiger partial charge on any atom is -0.355 e. The second kappa shape index (κ2) is 6.47. The first-order valence-corrected chi connectivity index (χ1v) is 8.60. The maximum absolute atomic E-state index is 12.1. The van der Waals surface area contributed by atoms with Crippen LogP contribution in [0.1, 0.15) is 39.0 Å². The van der Waals surface area contributed by atoms with E-state index in [-0.39, 0.29) is 17.7 Å². The molecule has 0 bridgehead atoms. The summed E-state index contributed by atoms with van der Waals surface area (Å²) in [5.41, 5.74) is -0.863. The van der Waals surface area contributed by atoms with Gasteiger partial charge >= 0.3 is 6.03 Å². The van der Waals surface area contributed by atoms with Crippen LogP contribution in [0.2, 0.25) is 0 Å². The molecule has 23 heavy (non-hydrogen) atoms. The summed E-state index contributed by atoms with van der Waals surface area (Å²) in [7, 11) is 0. The Bertz CT molecular complexity index is 506. The van der Waals surface area contributed by atoms with Gasteiger partial charge in [-0.25, -0.2) is 4.79 Å². The molecule has 1 saturated carbocycles. The maximum Gasteiger partial charge on any atom is 0.322 e. The topological polar surface area (TPSA) is 90.5 Å². The predicted molar refractivity (Wildman–Crippen MR) is 84.6 cm³/mol. The Kier molecular flexibility index (Phi) is 4.57. The predicted octanol–water partition coefficient (Wildman–Crippen LogP) is 0.213. The lowest BCUT2D eigenvalue weighted by Gasteiger charge is -2.39. The fourth-order valence-electron chi connectivity index (χ4n) is 3.73. The standard InChI is InChI=1S/C16H26N4O3/c1-16(14(22)18-15(23)19-16)12-6-3-7-20(9-12)10-13(21)17-8-11-4-2-5-11/h11-12H,2-10H2,1H3,(H,17,21)(H2,18,19,22,23). The van der Waals surface area contributed by atoms with E-state index in [0.29, 0.717) is 19.0 Å². The third-order valence-corrected chi connectivity index (χ3v) is 5.57. The van der Waals surface area contributed by atoms with Crippen LogP contribution < -0.4 is 16.0 Å². The number of urea groups is 1. The van der Waals surface area contributed by atoms with Crippen LogP contribution in [0.15, 0.2) is 0 Å². The van der Waals surface area contributed by atoms with E-state index in [9.17, 15) is 14.4 Å². The Morgan fingerprint density at radius 1 is 1.30 bits per heavy atom. The van der Waals surface area contributed by atoms with Gasteiger partial charge in [0.1, 0.15) is 5.54 Å². The van der Waals surface area contributed by atoms with Gasteiger partial charge in [0.2, 0.25) is 5.91 Å². The average molecular weight is 322 g/mol. The van der Waals surface area contributed by atoms with Crippen molar-refractivity contribution in [1.29, 1.82) is 0 Å². The highest BCUT2D eigenvalue weighted by atomic mass is 16.2. The number of nitrogens with one attached hydrogen (secondary N) is 3. The molecule has 7 nitrogen and oxygen atoms in total. The summed E-state index contributed by atoms with van der Waals surface area (Å²) in [6.07, 6.45) is 5.53. The number of rotatable bonds is 5. The van der Waals surface area contributed by atoms with Gasteiger partial charge in [-0.2, -0.15) is 0 Å². The first-order valence-electron chi connectivity index (χ1n) is 8.60. The van der Waals surface area contributed by atoms with Gasteiger partial charge in [-0.3, -0.25) is 19.8 Å². The zero-order valence-electron chi connectivity index (χ0n) is 13.7. The van der Waals surface area contributed by atoms with E-state index in [1.165, 1.54) is 19.3 Å². The molecule has 128 valence electrons. The number of likely N-dealkylation sites (tertiary alicyclic amines) is 1. The lowest BCUT2D eigenvalue weighted by atomic mass is 9.80. The Labute approximate surface area is 136 Å². The van der Waals surface area contributed by atoms with Gasteiger partial charge in [-0.15, -0.1) is 0 Å². The van der Waals surface area contributed by atoms with Crippen molar-refractivity contribution in [3.63, 3.8) is 0 Å². The molecule has 3 aliphatic rings. The normalized spacial score (nSPS) is 32.1. The molecule has 0 aromatic carbocycles. The average Bonchev–Trinajstić information content (AvgIpc) is 2.71. The molecular formula is C16H26N4O3. The molecule has 7 heteroatoms. The third-order valence-electron chi connectivity index (χ3n) is 5.57. The number of hydrogen-bond donors (Lipinski definition) is 3. The van der Waals surface area contributed by atoms with Crippen molar-refractivity contribution < 1.29 is 14.4 Å². The van der Waals surface area contributed by atoms with Gasteiger partial charge in [0.15, 0.2) is 0 Å². The number of nitrogens with zero attached hydrogens (tertiary/aromatic N) is 1. The molecule has 2 unspecified atom stereocenters. The van der Waals surface area contributed by atoms with Crippen molar-refractivity contribution in [3.8, 4) is 0 Å². The summed E-state index contributed by atoms with van der Waals surface area (Å²) in [5.74, 6) is 0.484. The van der Waals surface area contributed by atoms with Gasteiger partial charge in [-0.05, 0) is 45.1 Å². The molecular weight excluding hydrogens is 296 g/mol. The number of hydrogen-bond acceptors (Lipinski definition) is 4. The summed E-state index contributed by atoms with van der Waals surface area (Å²) in [6, 6.07) is -0.423. The Balaban J connectivity index is 1.50. The molecule has 2 heterocycles. The second-order valence-corrected chi connectivity index (χ2v) is 7.29. The van der Waals surface area contributed by atoms with E-state index in [1.54, 1.807) is 6.92 Å². The Morgan fingerprint density at radius 2 is 2.09 bits per heavy atom. The monoisotopic (exact) mass is 322 g/mol. The molecule has 3 fully saturated rings. The third kappa shape index (κ3) is 3.49. The highest BCUT2D eigenvalue weighted by Crippen LogP contribution is 2.29. The van der Waals surface area contributed by atoms with Crippen molar-refractivity contribution in [2.75, 3.05) is 26.2 Å². The van der Waals surface area contributed by atoms with Crippen molar-refractivity contribution >= 4 is 17.8 Å². The summed E-state index contributed by atoms with van der Waals surface area (Å²) >= 11 is 0. The van der Waals surface area contributed by atoms with E-state index in [0.717, 1.165) is 25.9 Å². The number of piperidine rings is 1. The maximum atomic E-state index is 12.1. The Morgan fingerprint density at radius 3 is 2.70 bits per heavy atom. The fourth-order valence-corrected chi connectivity index (χ4v) is 3.73. The molecule has 1 aliphatic carbocycles. The summed E-state index contributed by atoms with van der Waals surface area (Å²) < 4.78 is 0. The minimum absolute atomic E-state index is 0.0298. The van der Waals surface area contributed by atoms with Crippen LogP contribution in [-0.4, -0.2) is 54.5 Å². The van der Waals surface area contributed by atoms with Crippen LogP contribution in [0.4, 0.5) is 4.79 Å². The molecule has 0 radical (unpaired) electrons. The summed E-state index contributed by atoms with van der Waals surface area (Å²) in [5, 5.41) is 8.08. The number of amides is 4. The first-order chi connectivity index (χ1) is 11.0. The quantitative estimate of drug-likeness (QED) is 0.631. The Hall–Kier alpha value is -1.63. The van der Waals surface area contributed by atoms with Gasteiger partial charge < -0.3 is 10.6 Å². The van der Waals surface area contributed by atoms with Crippen LogP contribution in [0.3, 0.4) is 0 Å². The van der Waals surface area contributed by atoms with Crippen LogP contribution in [0, 0.1) is 11.8 Å². The van der Waals surface area contributed by atoms with E-state index in [1.807, 2.05) is 0 Å². The minimum atomic E-state index is -0.863. The summed E-state index contributed by atoms with van der Waals surface area (Å²) in [6.45, 7) is 4.44. The van der Waals surface area contributed by atoms with Crippen molar-refractivity contribution in [2.45, 2.75) is 44.6 Å². The van der Waals surface area contributed by atoms with Crippen LogP contribution in [0.25, 0.3) is 0 Å². The van der Waals surface area contributed by atoms with Crippen molar-refractivity contribution in [2.24, 2.45) is 11.8 Å². The van der Waals surface area contributed by atoms with E-state index < -0.39 is 11.6 Å². The van der Waals surface area contributed by atoms with Crippen LogP contribution in [-0.2, 0) is 9.59 Å². The van der Waals surface area contributed by atoms with E-state index in [4.69, 9.17) is 0 Å². The molecule has 0 aromatic heterocycles. The van der Waals surface area contributed by atoms with E-state index >= 15 is 0 Å². The second-order valence-electron chi connectivity index (χ2n) is 7.29. The zero-order valence-corrected chi connectivity index (χ0v) is 13.7. The zero-order chi connectivity index (χ0) is 16.4. The summed E-state index contributed by atoms with van der Waals surface area (Å²) in [4.78, 5) is 37.7. The SMILES string of the molecule is CC1(C2CCCN(CC(=O)NCC3CCC3)C2)NC(=O)NC1=O. The molecule has 2 saturated heterocycles. The molecule has 0 aromatic rings. The van der Waals surface area contributed by atoms with E-state index in [2.05, 4.69) is 20.9 Å². The molecule has 2 aliphatic heterocycles. The van der Waals surface area contributed by atoms with Crippen LogP contribution in [0.5, 0.6) is 0 Å². The molecule has 3 rings (SSSR count). The molecule has 0 spiro atoms. The highest BCUT2D eigenvalue weighted by molar-refractivity contribution is 6.07. The molecule has 2 atom stereocenters. The van der Waals surface area contributed by atoms with Gasteiger partial charge in [0.25, 0.3) is 5.91 Å².